The minimum Gasteiger partial charge on any atom is -0.462 e. The fourth-order valence-corrected chi connectivity index (χ4v) is 4.07. The third-order valence-electron chi connectivity index (χ3n) is 3.65. The maximum absolute atomic E-state index is 12.3. The van der Waals surface area contributed by atoms with Crippen molar-refractivity contribution < 1.29 is 19.1 Å². The Bertz CT molecular complexity index is 606. The van der Waals surface area contributed by atoms with Crippen LogP contribution in [0.2, 0.25) is 0 Å². The summed E-state index contributed by atoms with van der Waals surface area (Å²) in [6, 6.07) is 0. The molecule has 1 atom stereocenters. The van der Waals surface area contributed by atoms with Gasteiger partial charge in [0.25, 0.3) is 0 Å². The molecule has 22 heavy (non-hydrogen) atoms. The van der Waals surface area contributed by atoms with E-state index in [1.807, 2.05) is 0 Å². The number of rotatable bonds is 5. The van der Waals surface area contributed by atoms with Crippen molar-refractivity contribution >= 4 is 34.0 Å². The molecule has 1 aromatic heterocycles. The van der Waals surface area contributed by atoms with Gasteiger partial charge in [0.05, 0.1) is 18.6 Å². The molecule has 0 fully saturated rings. The van der Waals surface area contributed by atoms with E-state index < -0.39 is 5.97 Å². The van der Waals surface area contributed by atoms with Gasteiger partial charge in [-0.25, -0.2) is 4.79 Å². The topological polar surface area (TPSA) is 72.5 Å². The van der Waals surface area contributed by atoms with Gasteiger partial charge in [0, 0.05) is 4.88 Å². The summed E-state index contributed by atoms with van der Waals surface area (Å²) in [4.78, 5) is 36.3. The molecule has 1 amide bonds. The predicted molar refractivity (Wildman–Crippen MR) is 85.4 cm³/mol. The molecule has 1 heterocycles. The van der Waals surface area contributed by atoms with Crippen LogP contribution in [-0.2, 0) is 27.2 Å². The van der Waals surface area contributed by atoms with Gasteiger partial charge in [-0.1, -0.05) is 6.92 Å². The van der Waals surface area contributed by atoms with E-state index in [0.29, 0.717) is 23.1 Å². The maximum atomic E-state index is 12.3. The van der Waals surface area contributed by atoms with Gasteiger partial charge in [-0.15, -0.1) is 11.3 Å². The molecule has 1 aromatic rings. The number of hydrogen-bond acceptors (Lipinski definition) is 5. The highest BCUT2D eigenvalue weighted by molar-refractivity contribution is 7.17. The number of ketones is 1. The van der Waals surface area contributed by atoms with Crippen LogP contribution in [0.25, 0.3) is 0 Å². The van der Waals surface area contributed by atoms with E-state index >= 15 is 0 Å². The highest BCUT2D eigenvalue weighted by Crippen LogP contribution is 2.40. The fraction of sp³-hybridized carbons (Fsp3) is 0.562. The molecule has 6 heteroatoms. The Balaban J connectivity index is 2.33. The first kappa shape index (κ1) is 16.7. The van der Waals surface area contributed by atoms with Gasteiger partial charge in [-0.3, -0.25) is 9.59 Å². The molecule has 2 rings (SSSR count). The molecule has 1 N–H and O–H groups in total. The van der Waals surface area contributed by atoms with Crippen LogP contribution in [0.3, 0.4) is 0 Å². The number of carbonyl (C=O) groups excluding carboxylic acids is 3. The monoisotopic (exact) mass is 323 g/mol. The molecule has 0 bridgehead atoms. The number of Topliss-reactive ketones (excluding diaryl/α,β-unsaturated/α-hetero) is 1. The van der Waals surface area contributed by atoms with Crippen molar-refractivity contribution in [3.63, 3.8) is 0 Å². The molecule has 0 aromatic carbocycles. The molecule has 120 valence electrons. The summed E-state index contributed by atoms with van der Waals surface area (Å²) >= 11 is 1.43. The van der Waals surface area contributed by atoms with Gasteiger partial charge in [-0.2, -0.15) is 0 Å². The summed E-state index contributed by atoms with van der Waals surface area (Å²) in [5.41, 5.74) is 1.48. The van der Waals surface area contributed by atoms with Crippen LogP contribution in [0.1, 0.15) is 54.4 Å². The van der Waals surface area contributed by atoms with E-state index in [1.165, 1.54) is 18.3 Å². The quantitative estimate of drug-likeness (QED) is 0.668. The highest BCUT2D eigenvalue weighted by Gasteiger charge is 2.29. The number of fused-ring (bicyclic) bond motifs is 1. The van der Waals surface area contributed by atoms with Crippen LogP contribution < -0.4 is 5.32 Å². The Labute approximate surface area is 134 Å². The molecule has 0 aliphatic heterocycles. The molecule has 0 saturated heterocycles. The van der Waals surface area contributed by atoms with Crippen LogP contribution in [0.15, 0.2) is 0 Å². The standard InChI is InChI=1S/C16H21NO4S/c1-4-21-16(20)14-11-6-5-9(2)7-12(11)22-15(14)17-13(19)8-10(3)18/h9H,4-8H2,1-3H3,(H,17,19)/t9-/m0/s1. The van der Waals surface area contributed by atoms with Crippen molar-refractivity contribution in [2.24, 2.45) is 5.92 Å². The zero-order valence-electron chi connectivity index (χ0n) is 13.2. The average Bonchev–Trinajstić information content (AvgIpc) is 2.74. The lowest BCUT2D eigenvalue weighted by atomic mass is 9.88. The molecule has 0 spiro atoms. The first-order chi connectivity index (χ1) is 10.4. The average molecular weight is 323 g/mol. The van der Waals surface area contributed by atoms with Gasteiger partial charge >= 0.3 is 5.97 Å². The number of thiophene rings is 1. The summed E-state index contributed by atoms with van der Waals surface area (Å²) in [5.74, 6) is -0.413. The lowest BCUT2D eigenvalue weighted by molar-refractivity contribution is -0.124. The van der Waals surface area contributed by atoms with Crippen LogP contribution in [0.5, 0.6) is 0 Å². The van der Waals surface area contributed by atoms with Crippen LogP contribution in [0, 0.1) is 5.92 Å². The van der Waals surface area contributed by atoms with Gasteiger partial charge in [0.15, 0.2) is 0 Å². The second kappa shape index (κ2) is 7.05. The van der Waals surface area contributed by atoms with E-state index in [2.05, 4.69) is 12.2 Å². The minimum atomic E-state index is -0.396. The normalized spacial score (nSPS) is 16.8. The fourth-order valence-electron chi connectivity index (χ4n) is 2.65. The Morgan fingerprint density at radius 1 is 1.36 bits per heavy atom. The SMILES string of the molecule is CCOC(=O)c1c(NC(=O)CC(C)=O)sc2c1CC[C@H](C)C2. The number of anilines is 1. The van der Waals surface area contributed by atoms with Crippen molar-refractivity contribution in [1.82, 2.24) is 0 Å². The maximum Gasteiger partial charge on any atom is 0.341 e. The van der Waals surface area contributed by atoms with Crippen LogP contribution in [0.4, 0.5) is 5.00 Å². The van der Waals surface area contributed by atoms with Gasteiger partial charge in [0.2, 0.25) is 5.91 Å². The molecular weight excluding hydrogens is 302 g/mol. The number of hydrogen-bond donors (Lipinski definition) is 1. The third kappa shape index (κ3) is 3.74. The minimum absolute atomic E-state index is 0.179. The van der Waals surface area contributed by atoms with E-state index in [0.717, 1.165) is 29.7 Å². The Morgan fingerprint density at radius 2 is 2.09 bits per heavy atom. The lowest BCUT2D eigenvalue weighted by Crippen LogP contribution is -2.17. The summed E-state index contributed by atoms with van der Waals surface area (Å²) in [5, 5.41) is 3.23. The smallest absolute Gasteiger partial charge is 0.341 e. The number of ether oxygens (including phenoxy) is 1. The summed E-state index contributed by atoms with van der Waals surface area (Å²) in [7, 11) is 0. The first-order valence-electron chi connectivity index (χ1n) is 7.53. The van der Waals surface area contributed by atoms with Crippen molar-refractivity contribution in [2.75, 3.05) is 11.9 Å². The largest absolute Gasteiger partial charge is 0.462 e. The molecule has 0 unspecified atom stereocenters. The summed E-state index contributed by atoms with van der Waals surface area (Å²) < 4.78 is 5.13. The molecule has 1 aliphatic rings. The lowest BCUT2D eigenvalue weighted by Gasteiger charge is -2.18. The van der Waals surface area contributed by atoms with Crippen molar-refractivity contribution in [3.05, 3.63) is 16.0 Å². The van der Waals surface area contributed by atoms with E-state index in [9.17, 15) is 14.4 Å². The zero-order chi connectivity index (χ0) is 16.3. The number of amides is 1. The van der Waals surface area contributed by atoms with E-state index in [4.69, 9.17) is 4.74 Å². The number of esters is 1. The van der Waals surface area contributed by atoms with Gasteiger partial charge in [-0.05, 0) is 44.6 Å². The molecule has 0 saturated carbocycles. The molecule has 1 aliphatic carbocycles. The highest BCUT2D eigenvalue weighted by atomic mass is 32.1. The van der Waals surface area contributed by atoms with Crippen LogP contribution in [-0.4, -0.2) is 24.3 Å². The summed E-state index contributed by atoms with van der Waals surface area (Å²) in [6.07, 6.45) is 2.58. The molecule has 5 nitrogen and oxygen atoms in total. The van der Waals surface area contributed by atoms with Crippen molar-refractivity contribution in [3.8, 4) is 0 Å². The second-order valence-corrected chi connectivity index (χ2v) is 6.81. The molecular formula is C16H21NO4S. The van der Waals surface area contributed by atoms with Gasteiger partial charge in [0.1, 0.15) is 10.8 Å². The third-order valence-corrected chi connectivity index (χ3v) is 4.82. The predicted octanol–water partition coefficient (Wildman–Crippen LogP) is 2.97. The van der Waals surface area contributed by atoms with Crippen molar-refractivity contribution in [1.29, 1.82) is 0 Å². The zero-order valence-corrected chi connectivity index (χ0v) is 14.0. The van der Waals surface area contributed by atoms with E-state index in [-0.39, 0.29) is 18.1 Å². The number of nitrogens with one attached hydrogen (secondary N) is 1. The molecule has 0 radical (unpaired) electrons. The Kier molecular flexibility index (Phi) is 5.34. The van der Waals surface area contributed by atoms with Gasteiger partial charge < -0.3 is 10.1 Å². The summed E-state index contributed by atoms with van der Waals surface area (Å²) in [6.45, 7) is 5.60. The first-order valence-corrected chi connectivity index (χ1v) is 8.35. The Hall–Kier alpha value is -1.69. The van der Waals surface area contributed by atoms with Crippen molar-refractivity contribution in [2.45, 2.75) is 46.5 Å². The second-order valence-electron chi connectivity index (χ2n) is 5.70. The number of carbonyl (C=O) groups is 3. The van der Waals surface area contributed by atoms with Crippen LogP contribution >= 0.6 is 11.3 Å². The van der Waals surface area contributed by atoms with E-state index in [1.54, 1.807) is 6.92 Å². The Morgan fingerprint density at radius 3 is 2.73 bits per heavy atom.